The van der Waals surface area contributed by atoms with Crippen molar-refractivity contribution < 1.29 is 9.59 Å². The third kappa shape index (κ3) is 5.26. The Bertz CT molecular complexity index is 455. The summed E-state index contributed by atoms with van der Waals surface area (Å²) in [6, 6.07) is 3.48. The predicted molar refractivity (Wildman–Crippen MR) is 79.7 cm³/mol. The maximum absolute atomic E-state index is 11.6. The number of hydrogen-bond donors (Lipinski definition) is 2. The summed E-state index contributed by atoms with van der Waals surface area (Å²) in [5, 5.41) is 5.10. The molecule has 0 unspecified atom stereocenters. The molecule has 0 fully saturated rings. The average molecular weight is 278 g/mol. The number of pyridine rings is 1. The molecule has 2 amide bonds. The van der Waals surface area contributed by atoms with Crippen molar-refractivity contribution >= 4 is 23.3 Å². The molecular weight excluding hydrogens is 256 g/mol. The Morgan fingerprint density at radius 1 is 1.25 bits per heavy atom. The summed E-state index contributed by atoms with van der Waals surface area (Å²) in [7, 11) is 3.76. The van der Waals surface area contributed by atoms with Crippen molar-refractivity contribution in [3.05, 3.63) is 18.3 Å². The van der Waals surface area contributed by atoms with E-state index in [0.29, 0.717) is 18.2 Å². The lowest BCUT2D eigenvalue weighted by molar-refractivity contribution is -0.136. The third-order valence-corrected chi connectivity index (χ3v) is 2.68. The first kappa shape index (κ1) is 15.9. The van der Waals surface area contributed by atoms with E-state index in [1.807, 2.05) is 19.0 Å². The monoisotopic (exact) mass is 278 g/mol. The molecule has 6 heteroatoms. The molecule has 0 aliphatic heterocycles. The first-order valence-electron chi connectivity index (χ1n) is 6.62. The third-order valence-electron chi connectivity index (χ3n) is 2.68. The van der Waals surface area contributed by atoms with Crippen LogP contribution in [0.4, 0.5) is 11.5 Å². The van der Waals surface area contributed by atoms with Gasteiger partial charge in [0.2, 0.25) is 0 Å². The molecule has 1 aromatic heterocycles. The zero-order valence-corrected chi connectivity index (χ0v) is 12.4. The van der Waals surface area contributed by atoms with Crippen molar-refractivity contribution in [2.45, 2.75) is 20.3 Å². The highest BCUT2D eigenvalue weighted by molar-refractivity contribution is 6.39. The number of hydrogen-bond acceptors (Lipinski definition) is 4. The largest absolute Gasteiger partial charge is 0.363 e. The molecule has 0 spiro atoms. The Kier molecular flexibility index (Phi) is 5.96. The van der Waals surface area contributed by atoms with E-state index in [0.717, 1.165) is 12.2 Å². The van der Waals surface area contributed by atoms with E-state index in [2.05, 4.69) is 29.5 Å². The SMILES string of the molecule is CC(C)CCNC(=O)C(=O)Nc1ccc(N(C)C)nc1. The van der Waals surface area contributed by atoms with Crippen molar-refractivity contribution in [2.75, 3.05) is 30.9 Å². The van der Waals surface area contributed by atoms with Gasteiger partial charge in [-0.05, 0) is 24.5 Å². The summed E-state index contributed by atoms with van der Waals surface area (Å²) >= 11 is 0. The maximum atomic E-state index is 11.6. The van der Waals surface area contributed by atoms with E-state index in [1.54, 1.807) is 12.1 Å². The van der Waals surface area contributed by atoms with Crippen LogP contribution in [-0.2, 0) is 9.59 Å². The lowest BCUT2D eigenvalue weighted by Gasteiger charge is -2.11. The molecule has 110 valence electrons. The Labute approximate surface area is 119 Å². The van der Waals surface area contributed by atoms with Gasteiger partial charge < -0.3 is 15.5 Å². The molecule has 20 heavy (non-hydrogen) atoms. The van der Waals surface area contributed by atoms with Gasteiger partial charge in [0, 0.05) is 20.6 Å². The minimum absolute atomic E-state index is 0.487. The molecule has 0 atom stereocenters. The summed E-state index contributed by atoms with van der Waals surface area (Å²) in [6.07, 6.45) is 2.37. The van der Waals surface area contributed by atoms with Crippen molar-refractivity contribution in [1.82, 2.24) is 10.3 Å². The number of carbonyl (C=O) groups excluding carboxylic acids is 2. The van der Waals surface area contributed by atoms with E-state index < -0.39 is 11.8 Å². The molecule has 1 heterocycles. The Morgan fingerprint density at radius 3 is 2.45 bits per heavy atom. The van der Waals surface area contributed by atoms with Crippen LogP contribution in [0.3, 0.4) is 0 Å². The number of rotatable bonds is 5. The zero-order valence-electron chi connectivity index (χ0n) is 12.4. The van der Waals surface area contributed by atoms with Gasteiger partial charge in [0.25, 0.3) is 0 Å². The van der Waals surface area contributed by atoms with Crippen molar-refractivity contribution in [2.24, 2.45) is 5.92 Å². The van der Waals surface area contributed by atoms with Gasteiger partial charge in [-0.25, -0.2) is 4.98 Å². The van der Waals surface area contributed by atoms with E-state index in [1.165, 1.54) is 6.20 Å². The highest BCUT2D eigenvalue weighted by Crippen LogP contribution is 2.11. The van der Waals surface area contributed by atoms with Gasteiger partial charge in [-0.15, -0.1) is 0 Å². The topological polar surface area (TPSA) is 74.3 Å². The molecule has 6 nitrogen and oxygen atoms in total. The summed E-state index contributed by atoms with van der Waals surface area (Å²) in [4.78, 5) is 29.2. The van der Waals surface area contributed by atoms with Gasteiger partial charge in [-0.3, -0.25) is 9.59 Å². The van der Waals surface area contributed by atoms with Gasteiger partial charge in [0.05, 0.1) is 11.9 Å². The van der Waals surface area contributed by atoms with E-state index in [4.69, 9.17) is 0 Å². The smallest absolute Gasteiger partial charge is 0.313 e. The van der Waals surface area contributed by atoms with Gasteiger partial charge >= 0.3 is 11.8 Å². The summed E-state index contributed by atoms with van der Waals surface area (Å²) < 4.78 is 0. The standard InChI is InChI=1S/C14H22N4O2/c1-10(2)7-8-15-13(19)14(20)17-11-5-6-12(16-9-11)18(3)4/h5-6,9-10H,7-8H2,1-4H3,(H,15,19)(H,17,20). The fourth-order valence-electron chi connectivity index (χ4n) is 1.47. The molecule has 0 saturated heterocycles. The maximum Gasteiger partial charge on any atom is 0.313 e. The molecule has 1 rings (SSSR count). The van der Waals surface area contributed by atoms with Crippen LogP contribution in [0.15, 0.2) is 18.3 Å². The lowest BCUT2D eigenvalue weighted by atomic mass is 10.1. The molecular formula is C14H22N4O2. The normalized spacial score (nSPS) is 10.2. The lowest BCUT2D eigenvalue weighted by Crippen LogP contribution is -2.36. The van der Waals surface area contributed by atoms with Crippen molar-refractivity contribution in [3.63, 3.8) is 0 Å². The quantitative estimate of drug-likeness (QED) is 0.795. The van der Waals surface area contributed by atoms with Crippen LogP contribution >= 0.6 is 0 Å². The molecule has 0 radical (unpaired) electrons. The van der Waals surface area contributed by atoms with E-state index >= 15 is 0 Å². The van der Waals surface area contributed by atoms with E-state index in [9.17, 15) is 9.59 Å². The second-order valence-electron chi connectivity index (χ2n) is 5.19. The van der Waals surface area contributed by atoms with Crippen LogP contribution in [-0.4, -0.2) is 37.4 Å². The Balaban J connectivity index is 2.47. The number of carbonyl (C=O) groups is 2. The highest BCUT2D eigenvalue weighted by Gasteiger charge is 2.13. The molecule has 2 N–H and O–H groups in total. The second-order valence-corrected chi connectivity index (χ2v) is 5.19. The van der Waals surface area contributed by atoms with Crippen LogP contribution in [0, 0.1) is 5.92 Å². The zero-order chi connectivity index (χ0) is 15.1. The van der Waals surface area contributed by atoms with Gasteiger partial charge in [0.1, 0.15) is 5.82 Å². The van der Waals surface area contributed by atoms with Gasteiger partial charge in [-0.1, -0.05) is 13.8 Å². The molecule has 0 saturated carbocycles. The number of nitrogens with one attached hydrogen (secondary N) is 2. The number of anilines is 2. The second kappa shape index (κ2) is 7.47. The van der Waals surface area contributed by atoms with Crippen LogP contribution in [0.2, 0.25) is 0 Å². The van der Waals surface area contributed by atoms with Crippen molar-refractivity contribution in [3.8, 4) is 0 Å². The first-order valence-corrected chi connectivity index (χ1v) is 6.62. The van der Waals surface area contributed by atoms with Gasteiger partial charge in [0.15, 0.2) is 0 Å². The molecule has 0 aliphatic rings. The summed E-state index contributed by atoms with van der Waals surface area (Å²) in [6.45, 7) is 4.62. The number of aromatic nitrogens is 1. The van der Waals surface area contributed by atoms with E-state index in [-0.39, 0.29) is 0 Å². The Hall–Kier alpha value is -2.11. The molecule has 0 aliphatic carbocycles. The summed E-state index contributed by atoms with van der Waals surface area (Å²) in [5.74, 6) is -0.0268. The fraction of sp³-hybridized carbons (Fsp3) is 0.500. The molecule has 0 aromatic carbocycles. The Morgan fingerprint density at radius 2 is 1.95 bits per heavy atom. The van der Waals surface area contributed by atoms with Crippen LogP contribution < -0.4 is 15.5 Å². The molecule has 0 bridgehead atoms. The number of nitrogens with zero attached hydrogens (tertiary/aromatic N) is 2. The summed E-state index contributed by atoms with van der Waals surface area (Å²) in [5.41, 5.74) is 0.500. The van der Waals surface area contributed by atoms with Crippen molar-refractivity contribution in [1.29, 1.82) is 0 Å². The van der Waals surface area contributed by atoms with Crippen LogP contribution in [0.1, 0.15) is 20.3 Å². The molecule has 1 aromatic rings. The van der Waals surface area contributed by atoms with Crippen LogP contribution in [0.25, 0.3) is 0 Å². The van der Waals surface area contributed by atoms with Gasteiger partial charge in [-0.2, -0.15) is 0 Å². The number of amides is 2. The highest BCUT2D eigenvalue weighted by atomic mass is 16.2. The minimum atomic E-state index is -0.673. The average Bonchev–Trinajstić information content (AvgIpc) is 2.38. The predicted octanol–water partition coefficient (Wildman–Crippen LogP) is 1.25. The minimum Gasteiger partial charge on any atom is -0.363 e. The first-order chi connectivity index (χ1) is 9.40. The van der Waals surface area contributed by atoms with Crippen LogP contribution in [0.5, 0.6) is 0 Å². The fourth-order valence-corrected chi connectivity index (χ4v) is 1.47.